The van der Waals surface area contributed by atoms with Crippen LogP contribution in [0.1, 0.15) is 24.0 Å². The molecule has 5 nitrogen and oxygen atoms in total. The van der Waals surface area contributed by atoms with Crippen LogP contribution in [0.5, 0.6) is 0 Å². The van der Waals surface area contributed by atoms with E-state index in [2.05, 4.69) is 5.32 Å². The normalized spacial score (nSPS) is 11.6. The molecule has 0 radical (unpaired) electrons. The molecule has 0 saturated carbocycles. The van der Waals surface area contributed by atoms with Crippen LogP contribution in [0.4, 0.5) is 0 Å². The van der Waals surface area contributed by atoms with Gasteiger partial charge in [0.05, 0.1) is 13.7 Å². The molecule has 5 heteroatoms. The molecule has 1 N–H and O–H groups in total. The molecule has 26 heavy (non-hydrogen) atoms. The molecule has 138 valence electrons. The van der Waals surface area contributed by atoms with E-state index < -0.39 is 12.0 Å². The maximum Gasteiger partial charge on any atom is 0.328 e. The average molecular weight is 355 g/mol. The first-order chi connectivity index (χ1) is 12.7. The van der Waals surface area contributed by atoms with E-state index in [1.165, 1.54) is 7.11 Å². The third kappa shape index (κ3) is 7.07. The molecule has 2 aromatic rings. The monoisotopic (exact) mass is 355 g/mol. The Hall–Kier alpha value is -2.66. The first-order valence-corrected chi connectivity index (χ1v) is 8.72. The third-order valence-electron chi connectivity index (χ3n) is 3.91. The predicted octanol–water partition coefficient (Wildman–Crippen LogP) is 2.88. The Kier molecular flexibility index (Phi) is 8.36. The van der Waals surface area contributed by atoms with Gasteiger partial charge in [-0.1, -0.05) is 60.7 Å². The van der Waals surface area contributed by atoms with Crippen LogP contribution >= 0.6 is 0 Å². The second-order valence-electron chi connectivity index (χ2n) is 5.97. The summed E-state index contributed by atoms with van der Waals surface area (Å²) >= 11 is 0. The third-order valence-corrected chi connectivity index (χ3v) is 3.91. The topological polar surface area (TPSA) is 64.6 Å². The Labute approximate surface area is 154 Å². The van der Waals surface area contributed by atoms with Gasteiger partial charge >= 0.3 is 5.97 Å². The van der Waals surface area contributed by atoms with Crippen molar-refractivity contribution in [3.63, 3.8) is 0 Å². The summed E-state index contributed by atoms with van der Waals surface area (Å²) in [7, 11) is 1.32. The summed E-state index contributed by atoms with van der Waals surface area (Å²) in [5, 5.41) is 2.76. The average Bonchev–Trinajstić information content (AvgIpc) is 2.68. The lowest BCUT2D eigenvalue weighted by Gasteiger charge is -2.16. The standard InChI is InChI=1S/C21H25NO4/c1-25-21(24)19(15-17-9-4-2-5-10-17)22-20(23)13-8-14-26-16-18-11-6-3-7-12-18/h2-7,9-12,19H,8,13-16H2,1H3,(H,22,23)/t19-/m0/s1. The van der Waals surface area contributed by atoms with Crippen molar-refractivity contribution >= 4 is 11.9 Å². The van der Waals surface area contributed by atoms with Gasteiger partial charge in [0.2, 0.25) is 5.91 Å². The zero-order valence-corrected chi connectivity index (χ0v) is 15.0. The number of benzene rings is 2. The van der Waals surface area contributed by atoms with Gasteiger partial charge in [0.15, 0.2) is 0 Å². The minimum atomic E-state index is -0.680. The number of esters is 1. The van der Waals surface area contributed by atoms with Crippen molar-refractivity contribution in [2.45, 2.75) is 31.9 Å². The van der Waals surface area contributed by atoms with Gasteiger partial charge in [0, 0.05) is 19.4 Å². The van der Waals surface area contributed by atoms with E-state index >= 15 is 0 Å². The van der Waals surface area contributed by atoms with Gasteiger partial charge in [0.25, 0.3) is 0 Å². The molecule has 2 aromatic carbocycles. The summed E-state index contributed by atoms with van der Waals surface area (Å²) in [4.78, 5) is 24.0. The summed E-state index contributed by atoms with van der Waals surface area (Å²) in [5.41, 5.74) is 2.07. The fraction of sp³-hybridized carbons (Fsp3) is 0.333. The number of rotatable bonds is 10. The van der Waals surface area contributed by atoms with Crippen LogP contribution in [0.3, 0.4) is 0 Å². The Bertz CT molecular complexity index is 673. The van der Waals surface area contributed by atoms with Crippen LogP contribution in [0.15, 0.2) is 60.7 Å². The highest BCUT2D eigenvalue weighted by atomic mass is 16.5. The lowest BCUT2D eigenvalue weighted by Crippen LogP contribution is -2.43. The zero-order valence-electron chi connectivity index (χ0n) is 15.0. The second-order valence-corrected chi connectivity index (χ2v) is 5.97. The summed E-state index contributed by atoms with van der Waals surface area (Å²) in [5.74, 6) is -0.623. The van der Waals surface area contributed by atoms with Gasteiger partial charge in [-0.3, -0.25) is 4.79 Å². The van der Waals surface area contributed by atoms with Gasteiger partial charge in [-0.2, -0.15) is 0 Å². The number of carbonyl (C=O) groups is 2. The van der Waals surface area contributed by atoms with E-state index in [4.69, 9.17) is 9.47 Å². The van der Waals surface area contributed by atoms with Gasteiger partial charge in [0.1, 0.15) is 6.04 Å². The molecule has 1 amide bonds. The fourth-order valence-corrected chi connectivity index (χ4v) is 2.55. The SMILES string of the molecule is COC(=O)[C@H](Cc1ccccc1)NC(=O)CCCOCc1ccccc1. The Morgan fingerprint density at radius 3 is 2.19 bits per heavy atom. The van der Waals surface area contributed by atoms with Gasteiger partial charge in [-0.15, -0.1) is 0 Å². The van der Waals surface area contributed by atoms with E-state index in [0.29, 0.717) is 32.5 Å². The van der Waals surface area contributed by atoms with E-state index in [1.54, 1.807) is 0 Å². The highest BCUT2D eigenvalue weighted by Gasteiger charge is 2.21. The van der Waals surface area contributed by atoms with Crippen LogP contribution in [0, 0.1) is 0 Å². The smallest absolute Gasteiger partial charge is 0.328 e. The number of methoxy groups -OCH3 is 1. The molecule has 0 aliphatic heterocycles. The maximum absolute atomic E-state index is 12.1. The van der Waals surface area contributed by atoms with E-state index in [9.17, 15) is 9.59 Å². The number of nitrogens with one attached hydrogen (secondary N) is 1. The summed E-state index contributed by atoms with van der Waals surface area (Å²) in [6.07, 6.45) is 1.30. The molecule has 2 rings (SSSR count). The van der Waals surface area contributed by atoms with Gasteiger partial charge in [-0.25, -0.2) is 4.79 Å². The van der Waals surface area contributed by atoms with Crippen LogP contribution in [-0.4, -0.2) is 31.6 Å². The lowest BCUT2D eigenvalue weighted by molar-refractivity contribution is -0.145. The molecular formula is C21H25NO4. The number of carbonyl (C=O) groups excluding carboxylic acids is 2. The highest BCUT2D eigenvalue weighted by Crippen LogP contribution is 2.06. The predicted molar refractivity (Wildman–Crippen MR) is 99.4 cm³/mol. The summed E-state index contributed by atoms with van der Waals surface area (Å²) in [6, 6.07) is 18.7. The van der Waals surface area contributed by atoms with Gasteiger partial charge < -0.3 is 14.8 Å². The van der Waals surface area contributed by atoms with Crippen molar-refractivity contribution in [3.8, 4) is 0 Å². The Morgan fingerprint density at radius 2 is 1.58 bits per heavy atom. The van der Waals surface area contributed by atoms with Crippen molar-refractivity contribution in [1.29, 1.82) is 0 Å². The van der Waals surface area contributed by atoms with Crippen LogP contribution in [0.25, 0.3) is 0 Å². The number of hydrogen-bond donors (Lipinski definition) is 1. The molecule has 0 aliphatic rings. The molecule has 0 saturated heterocycles. The molecule has 0 fully saturated rings. The molecular weight excluding hydrogens is 330 g/mol. The first-order valence-electron chi connectivity index (χ1n) is 8.72. The minimum absolute atomic E-state index is 0.181. The van der Waals surface area contributed by atoms with Crippen LogP contribution < -0.4 is 5.32 Å². The summed E-state index contributed by atoms with van der Waals surface area (Å²) < 4.78 is 10.4. The fourth-order valence-electron chi connectivity index (χ4n) is 2.55. The summed E-state index contributed by atoms with van der Waals surface area (Å²) in [6.45, 7) is 1.02. The van der Waals surface area contributed by atoms with Crippen molar-refractivity contribution in [2.75, 3.05) is 13.7 Å². The van der Waals surface area contributed by atoms with Crippen molar-refractivity contribution < 1.29 is 19.1 Å². The molecule has 0 heterocycles. The van der Waals surface area contributed by atoms with Crippen molar-refractivity contribution in [1.82, 2.24) is 5.32 Å². The van der Waals surface area contributed by atoms with E-state index in [-0.39, 0.29) is 5.91 Å². The van der Waals surface area contributed by atoms with Crippen LogP contribution in [-0.2, 0) is 32.1 Å². The molecule has 0 aromatic heterocycles. The molecule has 0 spiro atoms. The molecule has 0 bridgehead atoms. The molecule has 1 atom stereocenters. The number of hydrogen-bond acceptors (Lipinski definition) is 4. The van der Waals surface area contributed by atoms with Crippen LogP contribution in [0.2, 0.25) is 0 Å². The van der Waals surface area contributed by atoms with E-state index in [0.717, 1.165) is 11.1 Å². The zero-order chi connectivity index (χ0) is 18.6. The van der Waals surface area contributed by atoms with Gasteiger partial charge in [-0.05, 0) is 17.5 Å². The Balaban J connectivity index is 1.71. The molecule has 0 aliphatic carbocycles. The second kappa shape index (κ2) is 11.1. The lowest BCUT2D eigenvalue weighted by atomic mass is 10.1. The van der Waals surface area contributed by atoms with Crippen molar-refractivity contribution in [2.24, 2.45) is 0 Å². The minimum Gasteiger partial charge on any atom is -0.467 e. The highest BCUT2D eigenvalue weighted by molar-refractivity contribution is 5.84. The maximum atomic E-state index is 12.1. The Morgan fingerprint density at radius 1 is 0.962 bits per heavy atom. The first kappa shape index (κ1) is 19.7. The van der Waals surface area contributed by atoms with E-state index in [1.807, 2.05) is 60.7 Å². The quantitative estimate of drug-likeness (QED) is 0.526. The number of amides is 1. The van der Waals surface area contributed by atoms with Crippen molar-refractivity contribution in [3.05, 3.63) is 71.8 Å². The number of ether oxygens (including phenoxy) is 2. The largest absolute Gasteiger partial charge is 0.467 e. The molecule has 0 unspecified atom stereocenters.